The molecule has 1 aromatic carbocycles. The number of hydrogen-bond acceptors (Lipinski definition) is 5. The van der Waals surface area contributed by atoms with Gasteiger partial charge in [0.05, 0.1) is 5.02 Å². The molecule has 146 valence electrons. The fraction of sp³-hybridized carbons (Fsp3) is 0.421. The van der Waals surface area contributed by atoms with Crippen LogP contribution in [-0.2, 0) is 9.47 Å². The number of halogens is 2. The van der Waals surface area contributed by atoms with E-state index in [1.807, 2.05) is 0 Å². The molecule has 0 saturated heterocycles. The van der Waals surface area contributed by atoms with Gasteiger partial charge in [0, 0.05) is 16.1 Å². The van der Waals surface area contributed by atoms with E-state index in [0.29, 0.717) is 9.50 Å². The molecule has 0 bridgehead atoms. The summed E-state index contributed by atoms with van der Waals surface area (Å²) in [7, 11) is 0. The molecule has 0 aliphatic heterocycles. The summed E-state index contributed by atoms with van der Waals surface area (Å²) >= 11 is 9.47. The minimum absolute atomic E-state index is 0.0974. The number of aromatic nitrogens is 1. The van der Waals surface area contributed by atoms with Gasteiger partial charge in [0.15, 0.2) is 0 Å². The molecule has 0 unspecified atom stereocenters. The SMILES string of the molecule is CC(C)(C)OC(=O)N(C(=O)OC(C)(C)C)c1cc2cc(Br)c(Cl)cc2cn1. The summed E-state index contributed by atoms with van der Waals surface area (Å²) in [6.45, 7) is 10.3. The van der Waals surface area contributed by atoms with Gasteiger partial charge >= 0.3 is 12.2 Å². The third kappa shape index (κ3) is 5.81. The first-order valence-electron chi connectivity index (χ1n) is 8.28. The Morgan fingerprint density at radius 3 is 1.96 bits per heavy atom. The first kappa shape index (κ1) is 21.4. The summed E-state index contributed by atoms with van der Waals surface area (Å²) in [5, 5.41) is 2.04. The number of benzene rings is 1. The maximum absolute atomic E-state index is 12.7. The highest BCUT2D eigenvalue weighted by Crippen LogP contribution is 2.30. The van der Waals surface area contributed by atoms with Crippen LogP contribution in [0.15, 0.2) is 28.9 Å². The van der Waals surface area contributed by atoms with Crippen LogP contribution in [0.3, 0.4) is 0 Å². The number of anilines is 1. The molecule has 1 aromatic heterocycles. The molecule has 0 N–H and O–H groups in total. The third-order valence-electron chi connectivity index (χ3n) is 3.13. The number of rotatable bonds is 1. The Kier molecular flexibility index (Phi) is 6.06. The van der Waals surface area contributed by atoms with Crippen molar-refractivity contribution in [2.45, 2.75) is 52.7 Å². The minimum Gasteiger partial charge on any atom is -0.443 e. The Balaban J connectivity index is 2.51. The van der Waals surface area contributed by atoms with Crippen molar-refractivity contribution in [3.63, 3.8) is 0 Å². The van der Waals surface area contributed by atoms with E-state index in [9.17, 15) is 9.59 Å². The number of nitrogens with zero attached hydrogens (tertiary/aromatic N) is 2. The monoisotopic (exact) mass is 456 g/mol. The van der Waals surface area contributed by atoms with E-state index in [-0.39, 0.29) is 5.82 Å². The largest absolute Gasteiger partial charge is 0.443 e. The predicted molar refractivity (Wildman–Crippen MR) is 109 cm³/mol. The number of pyridine rings is 1. The Morgan fingerprint density at radius 2 is 1.48 bits per heavy atom. The summed E-state index contributed by atoms with van der Waals surface area (Å²) in [5.74, 6) is 0.0974. The average molecular weight is 458 g/mol. The Hall–Kier alpha value is -1.86. The van der Waals surface area contributed by atoms with Gasteiger partial charge in [0.25, 0.3) is 0 Å². The predicted octanol–water partition coefficient (Wildman–Crippen LogP) is 6.33. The zero-order chi connectivity index (χ0) is 20.6. The first-order chi connectivity index (χ1) is 12.3. The molecule has 6 nitrogen and oxygen atoms in total. The van der Waals surface area contributed by atoms with Crippen LogP contribution >= 0.6 is 27.5 Å². The van der Waals surface area contributed by atoms with Crippen molar-refractivity contribution in [2.24, 2.45) is 0 Å². The van der Waals surface area contributed by atoms with E-state index in [0.717, 1.165) is 15.7 Å². The molecule has 1 heterocycles. The summed E-state index contributed by atoms with van der Waals surface area (Å²) in [4.78, 5) is 30.4. The molecule has 0 fully saturated rings. The summed E-state index contributed by atoms with van der Waals surface area (Å²) in [6, 6.07) is 5.12. The van der Waals surface area contributed by atoms with E-state index < -0.39 is 23.4 Å². The molecule has 0 aliphatic rings. The van der Waals surface area contributed by atoms with Crippen LogP contribution in [0.25, 0.3) is 10.8 Å². The number of fused-ring (bicyclic) bond motifs is 1. The lowest BCUT2D eigenvalue weighted by Crippen LogP contribution is -2.44. The van der Waals surface area contributed by atoms with Crippen molar-refractivity contribution >= 4 is 56.3 Å². The van der Waals surface area contributed by atoms with Crippen LogP contribution < -0.4 is 4.90 Å². The standard InChI is InChI=1S/C19H22BrClN2O4/c1-18(2,3)26-16(24)23(17(25)27-19(4,5)6)15-9-11-7-13(20)14(21)8-12(11)10-22-15/h7-10H,1-6H3. The fourth-order valence-electron chi connectivity index (χ4n) is 2.13. The molecule has 27 heavy (non-hydrogen) atoms. The van der Waals surface area contributed by atoms with Crippen molar-refractivity contribution in [1.82, 2.24) is 4.98 Å². The van der Waals surface area contributed by atoms with Gasteiger partial charge in [-0.05, 0) is 81.1 Å². The van der Waals surface area contributed by atoms with E-state index in [1.54, 1.807) is 59.7 Å². The van der Waals surface area contributed by atoms with Crippen molar-refractivity contribution in [2.75, 3.05) is 4.90 Å². The van der Waals surface area contributed by atoms with Crippen molar-refractivity contribution < 1.29 is 19.1 Å². The second-order valence-electron chi connectivity index (χ2n) is 7.95. The number of ether oxygens (including phenoxy) is 2. The maximum Gasteiger partial charge on any atom is 0.425 e. The highest BCUT2D eigenvalue weighted by molar-refractivity contribution is 9.10. The number of hydrogen-bond donors (Lipinski definition) is 0. The van der Waals surface area contributed by atoms with E-state index in [4.69, 9.17) is 21.1 Å². The Bertz CT molecular complexity index is 860. The van der Waals surface area contributed by atoms with Crippen molar-refractivity contribution in [1.29, 1.82) is 0 Å². The first-order valence-corrected chi connectivity index (χ1v) is 9.45. The highest BCUT2D eigenvalue weighted by Gasteiger charge is 2.33. The molecule has 8 heteroatoms. The Morgan fingerprint density at radius 1 is 0.963 bits per heavy atom. The van der Waals surface area contributed by atoms with Crippen molar-refractivity contribution in [3.05, 3.63) is 33.9 Å². The fourth-order valence-corrected chi connectivity index (χ4v) is 2.66. The molecule has 0 saturated carbocycles. The lowest BCUT2D eigenvalue weighted by Gasteiger charge is -2.28. The van der Waals surface area contributed by atoms with Crippen LogP contribution in [-0.4, -0.2) is 28.4 Å². The average Bonchev–Trinajstić information content (AvgIpc) is 2.45. The lowest BCUT2D eigenvalue weighted by molar-refractivity contribution is 0.0429. The van der Waals surface area contributed by atoms with Gasteiger partial charge in [-0.3, -0.25) is 0 Å². The molecular formula is C19H22BrClN2O4. The topological polar surface area (TPSA) is 68.7 Å². The van der Waals surface area contributed by atoms with Gasteiger partial charge in [-0.25, -0.2) is 14.6 Å². The molecule has 0 aliphatic carbocycles. The molecule has 0 spiro atoms. The van der Waals surface area contributed by atoms with E-state index >= 15 is 0 Å². The second kappa shape index (κ2) is 7.64. The number of carbonyl (C=O) groups excluding carboxylic acids is 2. The maximum atomic E-state index is 12.7. The third-order valence-corrected chi connectivity index (χ3v) is 4.32. The van der Waals surface area contributed by atoms with Gasteiger partial charge in [-0.1, -0.05) is 11.6 Å². The van der Waals surface area contributed by atoms with Gasteiger partial charge < -0.3 is 9.47 Å². The van der Waals surface area contributed by atoms with Gasteiger partial charge in [0.2, 0.25) is 0 Å². The second-order valence-corrected chi connectivity index (χ2v) is 9.21. The molecule has 0 radical (unpaired) electrons. The normalized spacial score (nSPS) is 12.0. The number of imide groups is 1. The number of carbonyl (C=O) groups is 2. The smallest absolute Gasteiger partial charge is 0.425 e. The summed E-state index contributed by atoms with van der Waals surface area (Å²) < 4.78 is 11.4. The van der Waals surface area contributed by atoms with Gasteiger partial charge in [-0.15, -0.1) is 0 Å². The Labute approximate surface area is 171 Å². The van der Waals surface area contributed by atoms with Crippen LogP contribution in [0.5, 0.6) is 0 Å². The molecular weight excluding hydrogens is 436 g/mol. The van der Waals surface area contributed by atoms with Crippen LogP contribution in [0.4, 0.5) is 15.4 Å². The van der Waals surface area contributed by atoms with E-state index in [2.05, 4.69) is 20.9 Å². The molecule has 2 amide bonds. The van der Waals surface area contributed by atoms with Crippen LogP contribution in [0.1, 0.15) is 41.5 Å². The van der Waals surface area contributed by atoms with Crippen molar-refractivity contribution in [3.8, 4) is 0 Å². The highest BCUT2D eigenvalue weighted by atomic mass is 79.9. The van der Waals surface area contributed by atoms with Crippen LogP contribution in [0.2, 0.25) is 5.02 Å². The van der Waals surface area contributed by atoms with Crippen LogP contribution in [0, 0.1) is 0 Å². The minimum atomic E-state index is -0.864. The summed E-state index contributed by atoms with van der Waals surface area (Å²) in [5.41, 5.74) is -1.57. The summed E-state index contributed by atoms with van der Waals surface area (Å²) in [6.07, 6.45) is -0.196. The van der Waals surface area contributed by atoms with Gasteiger partial charge in [0.1, 0.15) is 17.0 Å². The number of amides is 2. The molecule has 0 atom stereocenters. The zero-order valence-corrected chi connectivity index (χ0v) is 18.4. The molecule has 2 aromatic rings. The lowest BCUT2D eigenvalue weighted by atomic mass is 10.2. The van der Waals surface area contributed by atoms with Gasteiger partial charge in [-0.2, -0.15) is 4.90 Å². The van der Waals surface area contributed by atoms with E-state index in [1.165, 1.54) is 6.20 Å². The molecule has 2 rings (SSSR count). The zero-order valence-electron chi connectivity index (χ0n) is 16.1. The quantitative estimate of drug-likeness (QED) is 0.500.